The van der Waals surface area contributed by atoms with Gasteiger partial charge in [-0.1, -0.05) is 5.92 Å². The van der Waals surface area contributed by atoms with Crippen LogP contribution in [0, 0.1) is 12.3 Å². The van der Waals surface area contributed by atoms with Gasteiger partial charge in [-0.25, -0.2) is 0 Å². The van der Waals surface area contributed by atoms with Crippen molar-refractivity contribution in [1.82, 2.24) is 0 Å². The van der Waals surface area contributed by atoms with Crippen molar-refractivity contribution in [3.05, 3.63) is 0 Å². The fourth-order valence-electron chi connectivity index (χ4n) is 0.625. The van der Waals surface area contributed by atoms with E-state index in [1.54, 1.807) is 0 Å². The van der Waals surface area contributed by atoms with E-state index in [0.29, 0.717) is 19.3 Å². The van der Waals surface area contributed by atoms with E-state index in [4.69, 9.17) is 11.5 Å². The molecular formula is C8H12O3. The van der Waals surface area contributed by atoms with Gasteiger partial charge in [-0.3, -0.25) is 4.79 Å². The number of hydrogen-bond acceptors (Lipinski definition) is 3. The van der Waals surface area contributed by atoms with E-state index in [9.17, 15) is 4.79 Å². The molecule has 0 fully saturated rings. The van der Waals surface area contributed by atoms with Crippen LogP contribution in [0.25, 0.3) is 0 Å². The summed E-state index contributed by atoms with van der Waals surface area (Å²) in [5.74, 6) is 1.89. The van der Waals surface area contributed by atoms with Crippen LogP contribution in [-0.4, -0.2) is 24.3 Å². The van der Waals surface area contributed by atoms with Gasteiger partial charge < -0.3 is 9.84 Å². The molecule has 0 rings (SSSR count). The summed E-state index contributed by atoms with van der Waals surface area (Å²) in [6, 6.07) is 0. The van der Waals surface area contributed by atoms with Crippen molar-refractivity contribution in [2.24, 2.45) is 0 Å². The average Bonchev–Trinajstić information content (AvgIpc) is 2.04. The van der Waals surface area contributed by atoms with Gasteiger partial charge in [-0.2, -0.15) is 0 Å². The second kappa shape index (κ2) is 5.75. The van der Waals surface area contributed by atoms with Gasteiger partial charge in [-0.05, 0) is 12.8 Å². The minimum absolute atomic E-state index is 0.269. The summed E-state index contributed by atoms with van der Waals surface area (Å²) in [6.45, 7) is 0. The van der Waals surface area contributed by atoms with Gasteiger partial charge >= 0.3 is 5.97 Å². The predicted octanol–water partition coefficient (Wildman–Crippen LogP) is 0.324. The molecule has 0 aliphatic heterocycles. The van der Waals surface area contributed by atoms with Crippen LogP contribution >= 0.6 is 0 Å². The van der Waals surface area contributed by atoms with Crippen molar-refractivity contribution in [2.45, 2.75) is 25.4 Å². The molecule has 0 aromatic heterocycles. The number of aliphatic hydroxyl groups is 1. The Kier molecular flexibility index (Phi) is 5.22. The normalized spacial score (nSPS) is 11.7. The van der Waals surface area contributed by atoms with Gasteiger partial charge in [0.1, 0.15) is 6.10 Å². The minimum Gasteiger partial charge on any atom is -0.469 e. The molecule has 0 aromatic rings. The van der Waals surface area contributed by atoms with Crippen LogP contribution in [0.2, 0.25) is 0 Å². The van der Waals surface area contributed by atoms with Crippen LogP contribution in [0.4, 0.5) is 0 Å². The van der Waals surface area contributed by atoms with E-state index in [1.807, 2.05) is 0 Å². The molecule has 1 N–H and O–H groups in total. The molecule has 0 aliphatic carbocycles. The zero-order valence-corrected chi connectivity index (χ0v) is 6.54. The third-order valence-electron chi connectivity index (χ3n) is 1.28. The zero-order valence-electron chi connectivity index (χ0n) is 6.54. The van der Waals surface area contributed by atoms with Crippen LogP contribution in [0.3, 0.4) is 0 Å². The first kappa shape index (κ1) is 9.99. The molecule has 62 valence electrons. The molecule has 11 heavy (non-hydrogen) atoms. The molecule has 3 heteroatoms. The number of aliphatic hydroxyl groups excluding tert-OH is 1. The Hall–Kier alpha value is -1.01. The number of carbonyl (C=O) groups excluding carboxylic acids is 1. The van der Waals surface area contributed by atoms with Crippen molar-refractivity contribution in [3.63, 3.8) is 0 Å². The summed E-state index contributed by atoms with van der Waals surface area (Å²) in [6.07, 6.45) is 5.50. The summed E-state index contributed by atoms with van der Waals surface area (Å²) in [5.41, 5.74) is 0. The first-order valence-electron chi connectivity index (χ1n) is 3.41. The maximum absolute atomic E-state index is 10.5. The van der Waals surface area contributed by atoms with Gasteiger partial charge in [0, 0.05) is 6.42 Å². The van der Waals surface area contributed by atoms with Crippen LogP contribution < -0.4 is 0 Å². The molecule has 1 atom stereocenters. The lowest BCUT2D eigenvalue weighted by atomic mass is 10.2. The number of esters is 1. The smallest absolute Gasteiger partial charge is 0.305 e. The van der Waals surface area contributed by atoms with Crippen LogP contribution in [0.5, 0.6) is 0 Å². The molecule has 0 aliphatic rings. The standard InChI is InChI=1S/C8H12O3/c1-3-7(9)5-4-6-8(10)11-2/h1,7,9H,4-6H2,2H3/i1+1,3+1. The number of hydrogen-bond donors (Lipinski definition) is 1. The Bertz CT molecular complexity index is 157. The summed E-state index contributed by atoms with van der Waals surface area (Å²) in [4.78, 5) is 10.5. The molecule has 0 heterocycles. The first-order chi connectivity index (χ1) is 5.20. The van der Waals surface area contributed by atoms with Gasteiger partial charge in [0.05, 0.1) is 7.11 Å². The molecule has 0 saturated carbocycles. The lowest BCUT2D eigenvalue weighted by molar-refractivity contribution is -0.140. The van der Waals surface area contributed by atoms with Crippen molar-refractivity contribution < 1.29 is 14.6 Å². The first-order valence-corrected chi connectivity index (χ1v) is 3.41. The lowest BCUT2D eigenvalue weighted by Gasteiger charge is -2.01. The summed E-state index contributed by atoms with van der Waals surface area (Å²) in [7, 11) is 1.33. The highest BCUT2D eigenvalue weighted by Crippen LogP contribution is 2.00. The van der Waals surface area contributed by atoms with E-state index < -0.39 is 6.10 Å². The van der Waals surface area contributed by atoms with Crippen LogP contribution in [0.1, 0.15) is 19.3 Å². The number of carbonyl (C=O) groups is 1. The van der Waals surface area contributed by atoms with E-state index in [2.05, 4.69) is 10.7 Å². The fraction of sp³-hybridized carbons (Fsp3) is 0.625. The molecular weight excluding hydrogens is 146 g/mol. The molecule has 0 spiro atoms. The number of terminal acetylenes is 1. The van der Waals surface area contributed by atoms with E-state index in [-0.39, 0.29) is 5.97 Å². The quantitative estimate of drug-likeness (QED) is 0.364. The van der Waals surface area contributed by atoms with Gasteiger partial charge in [0.15, 0.2) is 0 Å². The number of rotatable bonds is 4. The summed E-state index contributed by atoms with van der Waals surface area (Å²) >= 11 is 0. The maximum atomic E-state index is 10.5. The highest BCUT2D eigenvalue weighted by Gasteiger charge is 2.02. The van der Waals surface area contributed by atoms with Gasteiger partial charge in [-0.15, -0.1) is 6.42 Å². The van der Waals surface area contributed by atoms with Gasteiger partial charge in [0.25, 0.3) is 0 Å². The second-order valence-corrected chi connectivity index (χ2v) is 2.15. The van der Waals surface area contributed by atoms with Crippen molar-refractivity contribution in [2.75, 3.05) is 7.11 Å². The van der Waals surface area contributed by atoms with E-state index in [1.165, 1.54) is 7.11 Å². The molecule has 0 aromatic carbocycles. The maximum Gasteiger partial charge on any atom is 0.305 e. The monoisotopic (exact) mass is 158 g/mol. The Morgan fingerprint density at radius 1 is 1.82 bits per heavy atom. The average molecular weight is 158 g/mol. The van der Waals surface area contributed by atoms with Crippen molar-refractivity contribution in [1.29, 1.82) is 0 Å². The Morgan fingerprint density at radius 3 is 2.91 bits per heavy atom. The number of methoxy groups -OCH3 is 1. The summed E-state index contributed by atoms with van der Waals surface area (Å²) < 4.78 is 4.39. The molecule has 3 nitrogen and oxygen atoms in total. The van der Waals surface area contributed by atoms with Crippen LogP contribution in [-0.2, 0) is 9.53 Å². The van der Waals surface area contributed by atoms with Crippen LogP contribution in [0.15, 0.2) is 0 Å². The molecule has 0 bridgehead atoms. The Balaban J connectivity index is 3.29. The third kappa shape index (κ3) is 5.43. The molecule has 0 saturated heterocycles. The minimum atomic E-state index is -0.736. The lowest BCUT2D eigenvalue weighted by Crippen LogP contribution is -2.05. The zero-order chi connectivity index (χ0) is 8.69. The highest BCUT2D eigenvalue weighted by molar-refractivity contribution is 5.68. The van der Waals surface area contributed by atoms with Crippen molar-refractivity contribution in [3.8, 4) is 12.3 Å². The molecule has 0 amide bonds. The molecule has 0 radical (unpaired) electrons. The Morgan fingerprint density at radius 2 is 2.45 bits per heavy atom. The van der Waals surface area contributed by atoms with Crippen molar-refractivity contribution >= 4 is 5.97 Å². The number of ether oxygens (including phenoxy) is 1. The SMILES string of the molecule is COC(=O)CCCC(O)[13C]#[13CH]. The fourth-order valence-corrected chi connectivity index (χ4v) is 0.625. The highest BCUT2D eigenvalue weighted by atomic mass is 16.5. The topological polar surface area (TPSA) is 46.5 Å². The largest absolute Gasteiger partial charge is 0.469 e. The van der Waals surface area contributed by atoms with E-state index >= 15 is 0 Å². The predicted molar refractivity (Wildman–Crippen MR) is 40.7 cm³/mol. The second-order valence-electron chi connectivity index (χ2n) is 2.15. The van der Waals surface area contributed by atoms with Gasteiger partial charge in [0.2, 0.25) is 0 Å². The Labute approximate surface area is 66.4 Å². The third-order valence-corrected chi connectivity index (χ3v) is 1.28. The molecule has 1 unspecified atom stereocenters. The summed E-state index contributed by atoms with van der Waals surface area (Å²) in [5, 5.41) is 8.86. The van der Waals surface area contributed by atoms with E-state index in [0.717, 1.165) is 0 Å².